The van der Waals surface area contributed by atoms with Crippen LogP contribution in [-0.2, 0) is 6.18 Å². The summed E-state index contributed by atoms with van der Waals surface area (Å²) in [5.74, 6) is -0.445. The summed E-state index contributed by atoms with van der Waals surface area (Å²) in [6.07, 6.45) is -4.50. The van der Waals surface area contributed by atoms with Crippen molar-refractivity contribution in [3.8, 4) is 0 Å². The number of hydrogen-bond acceptors (Lipinski definition) is 4. The second kappa shape index (κ2) is 3.00. The van der Waals surface area contributed by atoms with Crippen molar-refractivity contribution >= 4 is 22.8 Å². The topological polar surface area (TPSA) is 93.6 Å². The van der Waals surface area contributed by atoms with E-state index in [9.17, 15) is 13.2 Å². The van der Waals surface area contributed by atoms with Crippen LogP contribution in [0.4, 0.5) is 24.9 Å². The average Bonchev–Trinajstić information content (AvgIpc) is 2.39. The van der Waals surface area contributed by atoms with Crippen LogP contribution in [0.5, 0.6) is 0 Å². The third-order valence-electron chi connectivity index (χ3n) is 2.17. The highest BCUT2D eigenvalue weighted by molar-refractivity contribution is 5.91. The van der Waals surface area contributed by atoms with Crippen molar-refractivity contribution in [2.75, 3.05) is 11.5 Å². The van der Waals surface area contributed by atoms with Crippen LogP contribution in [0.1, 0.15) is 11.3 Å². The Balaban J connectivity index is 2.90. The Bertz CT molecular complexity index is 557. The molecule has 5 nitrogen and oxygen atoms in total. The summed E-state index contributed by atoms with van der Waals surface area (Å²) in [6.45, 7) is 1.29. The number of aromatic nitrogens is 3. The molecule has 0 radical (unpaired) electrons. The number of anilines is 2. The highest BCUT2D eigenvalue weighted by Crippen LogP contribution is 2.38. The Kier molecular flexibility index (Phi) is 1.97. The third-order valence-corrected chi connectivity index (χ3v) is 2.17. The number of hydrogen-bond donors (Lipinski definition) is 3. The molecular weight excluding hydrogens is 223 g/mol. The van der Waals surface area contributed by atoms with Crippen molar-refractivity contribution in [2.24, 2.45) is 0 Å². The number of alkyl halides is 3. The summed E-state index contributed by atoms with van der Waals surface area (Å²) in [6, 6.07) is 0. The summed E-state index contributed by atoms with van der Waals surface area (Å²) in [5, 5.41) is -0.237. The molecule has 0 aromatic carbocycles. The first-order chi connectivity index (χ1) is 7.30. The highest BCUT2D eigenvalue weighted by Gasteiger charge is 2.37. The number of aromatic amines is 1. The first kappa shape index (κ1) is 10.5. The number of halogens is 3. The Labute approximate surface area is 87.7 Å². The first-order valence-corrected chi connectivity index (χ1v) is 4.29. The molecule has 2 heterocycles. The fourth-order valence-corrected chi connectivity index (χ4v) is 1.61. The smallest absolute Gasteiger partial charge is 0.383 e. The number of nitrogen functional groups attached to an aromatic ring is 2. The van der Waals surface area contributed by atoms with Gasteiger partial charge in [-0.15, -0.1) is 0 Å². The molecule has 0 atom stereocenters. The van der Waals surface area contributed by atoms with Crippen molar-refractivity contribution < 1.29 is 13.2 Å². The number of nitrogens with two attached hydrogens (primary N) is 2. The molecule has 0 aliphatic carbocycles. The van der Waals surface area contributed by atoms with E-state index in [1.165, 1.54) is 6.92 Å². The fourth-order valence-electron chi connectivity index (χ4n) is 1.61. The van der Waals surface area contributed by atoms with E-state index >= 15 is 0 Å². The molecule has 0 unspecified atom stereocenters. The Morgan fingerprint density at radius 1 is 1.19 bits per heavy atom. The molecule has 2 rings (SSSR count). The summed E-state index contributed by atoms with van der Waals surface area (Å²) < 4.78 is 38.2. The van der Waals surface area contributed by atoms with E-state index in [2.05, 4.69) is 15.0 Å². The number of H-pyrrole nitrogens is 1. The van der Waals surface area contributed by atoms with Crippen molar-refractivity contribution in [1.82, 2.24) is 15.0 Å². The van der Waals surface area contributed by atoms with Gasteiger partial charge in [0.15, 0.2) is 0 Å². The third kappa shape index (κ3) is 1.42. The van der Waals surface area contributed by atoms with Crippen molar-refractivity contribution in [1.29, 1.82) is 0 Å². The average molecular weight is 231 g/mol. The molecule has 16 heavy (non-hydrogen) atoms. The Hall–Kier alpha value is -1.99. The van der Waals surface area contributed by atoms with Crippen LogP contribution in [0.25, 0.3) is 11.0 Å². The predicted molar refractivity (Wildman–Crippen MR) is 52.5 cm³/mol. The summed E-state index contributed by atoms with van der Waals surface area (Å²) in [4.78, 5) is 9.66. The normalized spacial score (nSPS) is 12.2. The summed E-state index contributed by atoms with van der Waals surface area (Å²) in [7, 11) is 0. The van der Waals surface area contributed by atoms with Gasteiger partial charge < -0.3 is 16.5 Å². The number of nitrogens with one attached hydrogen (secondary N) is 1. The maximum Gasteiger partial charge on any atom is 0.418 e. The molecular formula is C8H8F3N5. The van der Waals surface area contributed by atoms with E-state index < -0.39 is 11.7 Å². The predicted octanol–water partition coefficient (Wildman–Crippen LogP) is 1.45. The van der Waals surface area contributed by atoms with Crippen molar-refractivity contribution in [3.05, 3.63) is 11.3 Å². The molecule has 2 aromatic heterocycles. The van der Waals surface area contributed by atoms with E-state index in [1.807, 2.05) is 0 Å². The van der Waals surface area contributed by atoms with Crippen LogP contribution >= 0.6 is 0 Å². The van der Waals surface area contributed by atoms with Crippen molar-refractivity contribution in [2.45, 2.75) is 13.1 Å². The van der Waals surface area contributed by atoms with Gasteiger partial charge in [-0.1, -0.05) is 0 Å². The van der Waals surface area contributed by atoms with Gasteiger partial charge in [0.25, 0.3) is 0 Å². The minimum absolute atomic E-state index is 0.00479. The largest absolute Gasteiger partial charge is 0.418 e. The second-order valence-corrected chi connectivity index (χ2v) is 3.31. The SMILES string of the molecule is Cc1[nH]c2nc(N)nc(N)c2c1C(F)(F)F. The fraction of sp³-hybridized carbons (Fsp3) is 0.250. The molecule has 0 aliphatic rings. The van der Waals surface area contributed by atoms with E-state index in [1.54, 1.807) is 0 Å². The van der Waals surface area contributed by atoms with Gasteiger partial charge in [0.1, 0.15) is 11.5 Å². The standard InChI is InChI=1S/C8H8F3N5/c1-2-4(8(9,10)11)3-5(12)15-7(13)16-6(3)14-2/h1H3,(H5,12,13,14,15,16). The van der Waals surface area contributed by atoms with E-state index in [0.29, 0.717) is 0 Å². The van der Waals surface area contributed by atoms with E-state index in [-0.39, 0.29) is 28.5 Å². The van der Waals surface area contributed by atoms with Gasteiger partial charge in [-0.25, -0.2) is 0 Å². The monoisotopic (exact) mass is 231 g/mol. The quantitative estimate of drug-likeness (QED) is 0.639. The zero-order valence-electron chi connectivity index (χ0n) is 8.18. The Morgan fingerprint density at radius 3 is 2.38 bits per heavy atom. The van der Waals surface area contributed by atoms with Gasteiger partial charge in [-0.3, -0.25) is 0 Å². The second-order valence-electron chi connectivity index (χ2n) is 3.31. The first-order valence-electron chi connectivity index (χ1n) is 4.29. The van der Waals surface area contributed by atoms with Gasteiger partial charge >= 0.3 is 6.18 Å². The zero-order valence-corrected chi connectivity index (χ0v) is 8.18. The number of nitrogens with zero attached hydrogens (tertiary/aromatic N) is 2. The lowest BCUT2D eigenvalue weighted by Crippen LogP contribution is -2.08. The molecule has 0 saturated carbocycles. The van der Waals surface area contributed by atoms with Crippen molar-refractivity contribution in [3.63, 3.8) is 0 Å². The van der Waals surface area contributed by atoms with Gasteiger partial charge in [0.05, 0.1) is 10.9 Å². The van der Waals surface area contributed by atoms with Gasteiger partial charge in [-0.2, -0.15) is 23.1 Å². The Morgan fingerprint density at radius 2 is 1.81 bits per heavy atom. The molecule has 0 amide bonds. The van der Waals surface area contributed by atoms with Crippen LogP contribution in [-0.4, -0.2) is 15.0 Å². The van der Waals surface area contributed by atoms with E-state index in [4.69, 9.17) is 11.5 Å². The van der Waals surface area contributed by atoms with Crippen LogP contribution in [0, 0.1) is 6.92 Å². The minimum Gasteiger partial charge on any atom is -0.383 e. The lowest BCUT2D eigenvalue weighted by Gasteiger charge is -2.06. The number of aryl methyl sites for hydroxylation is 1. The molecule has 0 bridgehead atoms. The lowest BCUT2D eigenvalue weighted by molar-refractivity contribution is -0.136. The van der Waals surface area contributed by atoms with Crippen LogP contribution in [0.3, 0.4) is 0 Å². The maximum absolute atomic E-state index is 12.7. The summed E-state index contributed by atoms with van der Waals surface area (Å²) >= 11 is 0. The molecule has 2 aromatic rings. The lowest BCUT2D eigenvalue weighted by atomic mass is 10.2. The highest BCUT2D eigenvalue weighted by atomic mass is 19.4. The molecule has 0 fully saturated rings. The maximum atomic E-state index is 12.7. The molecule has 86 valence electrons. The minimum atomic E-state index is -4.50. The molecule has 0 saturated heterocycles. The molecule has 8 heteroatoms. The molecule has 5 N–H and O–H groups in total. The summed E-state index contributed by atoms with van der Waals surface area (Å²) in [5.41, 5.74) is 9.79. The van der Waals surface area contributed by atoms with Gasteiger partial charge in [-0.05, 0) is 6.92 Å². The van der Waals surface area contributed by atoms with Crippen LogP contribution in [0.2, 0.25) is 0 Å². The van der Waals surface area contributed by atoms with Crippen LogP contribution < -0.4 is 11.5 Å². The number of fused-ring (bicyclic) bond motifs is 1. The number of rotatable bonds is 0. The van der Waals surface area contributed by atoms with Crippen LogP contribution in [0.15, 0.2) is 0 Å². The molecule has 0 aliphatic heterocycles. The van der Waals surface area contributed by atoms with Gasteiger partial charge in [0, 0.05) is 5.69 Å². The van der Waals surface area contributed by atoms with E-state index in [0.717, 1.165) is 0 Å². The zero-order chi connectivity index (χ0) is 12.1. The molecule has 0 spiro atoms. The van der Waals surface area contributed by atoms with Gasteiger partial charge in [0.2, 0.25) is 5.95 Å².